The van der Waals surface area contributed by atoms with Gasteiger partial charge in [0.05, 0.1) is 16.5 Å². The van der Waals surface area contributed by atoms with Crippen LogP contribution in [0.2, 0.25) is 0 Å². The van der Waals surface area contributed by atoms with Crippen LogP contribution in [0, 0.1) is 10.1 Å². The van der Waals surface area contributed by atoms with E-state index < -0.39 is 40.3 Å². The largest absolute Gasteiger partial charge is 0.545 e. The zero-order valence-electron chi connectivity index (χ0n) is 12.6. The lowest BCUT2D eigenvalue weighted by Gasteiger charge is -2.24. The Morgan fingerprint density at radius 1 is 1.30 bits per heavy atom. The predicted molar refractivity (Wildman–Crippen MR) is 75.9 cm³/mol. The van der Waals surface area contributed by atoms with Crippen LogP contribution in [-0.2, 0) is 9.53 Å². The molecule has 1 fully saturated rings. The lowest BCUT2D eigenvalue weighted by Crippen LogP contribution is -2.30. The van der Waals surface area contributed by atoms with Gasteiger partial charge in [-0.05, 0) is 44.7 Å². The van der Waals surface area contributed by atoms with E-state index in [1.54, 1.807) is 0 Å². The number of esters is 1. The maximum absolute atomic E-state index is 11.8. The fourth-order valence-corrected chi connectivity index (χ4v) is 2.60. The highest BCUT2D eigenvalue weighted by molar-refractivity contribution is 5.91. The molecule has 0 spiro atoms. The van der Waals surface area contributed by atoms with E-state index in [1.807, 2.05) is 6.92 Å². The number of carboxylic acids is 1. The number of carbonyl (C=O) groups is 2. The van der Waals surface area contributed by atoms with Crippen molar-refractivity contribution >= 4 is 17.6 Å². The average Bonchev–Trinajstić information content (AvgIpc) is 2.90. The highest BCUT2D eigenvalue weighted by Gasteiger charge is 2.32. The molecule has 0 aromatic heterocycles. The van der Waals surface area contributed by atoms with Gasteiger partial charge < -0.3 is 19.4 Å². The molecule has 0 amide bonds. The summed E-state index contributed by atoms with van der Waals surface area (Å²) in [5.41, 5.74) is -1.69. The number of aromatic carboxylic acids is 1. The van der Waals surface area contributed by atoms with Crippen LogP contribution in [0.3, 0.4) is 0 Å². The summed E-state index contributed by atoms with van der Waals surface area (Å²) in [4.78, 5) is 32.6. The molecule has 8 nitrogen and oxygen atoms in total. The third-order valence-corrected chi connectivity index (χ3v) is 3.76. The summed E-state index contributed by atoms with van der Waals surface area (Å²) in [6.07, 6.45) is 3.60. The van der Waals surface area contributed by atoms with Crippen LogP contribution in [0.5, 0.6) is 5.75 Å². The maximum atomic E-state index is 11.8. The summed E-state index contributed by atoms with van der Waals surface area (Å²) in [6.45, 7) is 1.46. The van der Waals surface area contributed by atoms with Crippen LogP contribution in [0.4, 0.5) is 5.69 Å². The van der Waals surface area contributed by atoms with Gasteiger partial charge in [-0.15, -0.1) is 0 Å². The number of nitrogens with zero attached hydrogens (tertiary/aromatic N) is 1. The van der Waals surface area contributed by atoms with Gasteiger partial charge in [0.2, 0.25) is 0 Å². The van der Waals surface area contributed by atoms with Crippen molar-refractivity contribution in [3.05, 3.63) is 33.9 Å². The Hall–Kier alpha value is -2.64. The highest BCUT2D eigenvalue weighted by Crippen LogP contribution is 2.32. The van der Waals surface area contributed by atoms with E-state index in [-0.39, 0.29) is 5.75 Å². The molecule has 1 saturated carbocycles. The smallest absolute Gasteiger partial charge is 0.344 e. The number of hydrogen-bond donors (Lipinski definition) is 0. The minimum absolute atomic E-state index is 0.0170. The molecular weight excluding hydrogens is 306 g/mol. The zero-order valence-corrected chi connectivity index (χ0v) is 12.6. The summed E-state index contributed by atoms with van der Waals surface area (Å²) in [7, 11) is 0. The second-order valence-corrected chi connectivity index (χ2v) is 5.64. The fraction of sp³-hybridized carbons (Fsp3) is 0.467. The van der Waals surface area contributed by atoms with Crippen molar-refractivity contribution in [3.8, 4) is 5.75 Å². The third kappa shape index (κ3) is 4.18. The Bertz CT molecular complexity index is 635. The number of hydrogen-bond acceptors (Lipinski definition) is 7. The molecule has 0 saturated heterocycles. The van der Waals surface area contributed by atoms with Gasteiger partial charge in [-0.25, -0.2) is 4.79 Å². The molecule has 8 heteroatoms. The number of benzene rings is 1. The molecule has 0 N–H and O–H groups in total. The quantitative estimate of drug-likeness (QED) is 0.438. The Morgan fingerprint density at radius 2 is 1.96 bits per heavy atom. The SMILES string of the molecule is CC1(OC(=O)COc2ccc([N+](=O)[O-])c(C(=O)[O-])c2)CCCC1. The normalized spacial score (nSPS) is 15.9. The second-order valence-electron chi connectivity index (χ2n) is 5.64. The van der Waals surface area contributed by atoms with Gasteiger partial charge in [0, 0.05) is 6.07 Å². The van der Waals surface area contributed by atoms with Crippen molar-refractivity contribution in [1.82, 2.24) is 0 Å². The van der Waals surface area contributed by atoms with E-state index in [4.69, 9.17) is 9.47 Å². The van der Waals surface area contributed by atoms with Gasteiger partial charge >= 0.3 is 5.97 Å². The molecule has 0 unspecified atom stereocenters. The van der Waals surface area contributed by atoms with Crippen LogP contribution in [0.1, 0.15) is 43.0 Å². The molecule has 1 aliphatic rings. The molecular formula is C15H16NO7-. The fourth-order valence-electron chi connectivity index (χ4n) is 2.60. The number of ether oxygens (including phenoxy) is 2. The minimum Gasteiger partial charge on any atom is -0.545 e. The van der Waals surface area contributed by atoms with Gasteiger partial charge in [0.1, 0.15) is 11.4 Å². The van der Waals surface area contributed by atoms with Gasteiger partial charge in [-0.1, -0.05) is 0 Å². The second kappa shape index (κ2) is 6.64. The van der Waals surface area contributed by atoms with Gasteiger partial charge in [-0.3, -0.25) is 10.1 Å². The van der Waals surface area contributed by atoms with E-state index in [0.29, 0.717) is 0 Å². The van der Waals surface area contributed by atoms with Gasteiger partial charge in [-0.2, -0.15) is 0 Å². The van der Waals surface area contributed by atoms with Crippen molar-refractivity contribution < 1.29 is 29.1 Å². The molecule has 2 rings (SSSR count). The summed E-state index contributed by atoms with van der Waals surface area (Å²) in [5.74, 6) is -2.24. The molecule has 23 heavy (non-hydrogen) atoms. The van der Waals surface area contributed by atoms with E-state index >= 15 is 0 Å². The Morgan fingerprint density at radius 3 is 2.52 bits per heavy atom. The molecule has 124 valence electrons. The Kier molecular flexibility index (Phi) is 4.83. The third-order valence-electron chi connectivity index (χ3n) is 3.76. The number of nitro benzene ring substituents is 1. The predicted octanol–water partition coefficient (Wildman–Crippen LogP) is 1.21. The first kappa shape index (κ1) is 16.7. The molecule has 0 bridgehead atoms. The number of carboxylic acid groups (broad SMARTS) is 1. The van der Waals surface area contributed by atoms with Crippen molar-refractivity contribution in [2.24, 2.45) is 0 Å². The van der Waals surface area contributed by atoms with Crippen LogP contribution in [0.25, 0.3) is 0 Å². The van der Waals surface area contributed by atoms with Crippen LogP contribution in [-0.4, -0.2) is 29.1 Å². The van der Waals surface area contributed by atoms with E-state index in [9.17, 15) is 24.8 Å². The van der Waals surface area contributed by atoms with E-state index in [0.717, 1.165) is 37.8 Å². The van der Waals surface area contributed by atoms with E-state index in [2.05, 4.69) is 0 Å². The summed E-state index contributed by atoms with van der Waals surface area (Å²) >= 11 is 0. The Labute approximate surface area is 132 Å². The topological polar surface area (TPSA) is 119 Å². The van der Waals surface area contributed by atoms with Crippen LogP contribution < -0.4 is 9.84 Å². The first-order chi connectivity index (χ1) is 10.8. The zero-order chi connectivity index (χ0) is 17.0. The lowest BCUT2D eigenvalue weighted by atomic mass is 10.1. The summed E-state index contributed by atoms with van der Waals surface area (Å²) < 4.78 is 10.5. The molecule has 0 radical (unpaired) electrons. The molecule has 0 atom stereocenters. The number of nitro groups is 1. The van der Waals surface area contributed by atoms with Crippen molar-refractivity contribution in [2.75, 3.05) is 6.61 Å². The van der Waals surface area contributed by atoms with Crippen LogP contribution >= 0.6 is 0 Å². The monoisotopic (exact) mass is 322 g/mol. The molecule has 0 heterocycles. The van der Waals surface area contributed by atoms with Crippen molar-refractivity contribution in [1.29, 1.82) is 0 Å². The Balaban J connectivity index is 2.00. The van der Waals surface area contributed by atoms with E-state index in [1.165, 1.54) is 6.07 Å². The van der Waals surface area contributed by atoms with Crippen molar-refractivity contribution in [2.45, 2.75) is 38.2 Å². The highest BCUT2D eigenvalue weighted by atomic mass is 16.6. The number of rotatable bonds is 6. The minimum atomic E-state index is -1.69. The average molecular weight is 322 g/mol. The molecule has 1 aromatic carbocycles. The standard InChI is InChI=1S/C15H17NO7/c1-15(6-2-3-7-15)23-13(17)9-22-10-4-5-12(16(20)21)11(8-10)14(18)19/h4-5,8H,2-3,6-7,9H2,1H3,(H,18,19)/p-1. The van der Waals surface area contributed by atoms with Crippen LogP contribution in [0.15, 0.2) is 18.2 Å². The maximum Gasteiger partial charge on any atom is 0.344 e. The molecule has 1 aromatic rings. The van der Waals surface area contributed by atoms with Gasteiger partial charge in [0.25, 0.3) is 5.69 Å². The summed E-state index contributed by atoms with van der Waals surface area (Å²) in [5, 5.41) is 21.7. The summed E-state index contributed by atoms with van der Waals surface area (Å²) in [6, 6.07) is 3.16. The molecule has 0 aliphatic heterocycles. The number of carbonyl (C=O) groups excluding carboxylic acids is 2. The first-order valence-electron chi connectivity index (χ1n) is 7.15. The van der Waals surface area contributed by atoms with Gasteiger partial charge in [0.15, 0.2) is 6.61 Å². The lowest BCUT2D eigenvalue weighted by molar-refractivity contribution is -0.385. The van der Waals surface area contributed by atoms with Crippen molar-refractivity contribution in [3.63, 3.8) is 0 Å². The first-order valence-corrected chi connectivity index (χ1v) is 7.15. The molecule has 1 aliphatic carbocycles.